The van der Waals surface area contributed by atoms with Crippen molar-refractivity contribution in [3.63, 3.8) is 0 Å². The number of nitrogens with one attached hydrogen (secondary N) is 1. The van der Waals surface area contributed by atoms with Gasteiger partial charge in [0.05, 0.1) is 19.0 Å². The van der Waals surface area contributed by atoms with Gasteiger partial charge in [-0.3, -0.25) is 13.9 Å². The van der Waals surface area contributed by atoms with Crippen LogP contribution in [0.1, 0.15) is 32.1 Å². The van der Waals surface area contributed by atoms with E-state index < -0.39 is 37.7 Å². The summed E-state index contributed by atoms with van der Waals surface area (Å²) in [6.45, 7) is 2.87. The Hall–Kier alpha value is -4.39. The number of nitrogen functional groups attached to an aromatic ring is 1. The molecular weight excluding hydrogens is 599 g/mol. The Balaban J connectivity index is 1.21. The van der Waals surface area contributed by atoms with E-state index in [0.29, 0.717) is 22.3 Å². The molecule has 14 heteroatoms. The first-order chi connectivity index (χ1) is 21.6. The van der Waals surface area contributed by atoms with Crippen LogP contribution in [0.15, 0.2) is 85.5 Å². The second-order valence-electron chi connectivity index (χ2n) is 11.2. The molecule has 0 radical (unpaired) electrons. The van der Waals surface area contributed by atoms with Gasteiger partial charge in [0.1, 0.15) is 35.8 Å². The highest BCUT2D eigenvalue weighted by atomic mass is 31.2. The van der Waals surface area contributed by atoms with Crippen LogP contribution in [-0.2, 0) is 30.0 Å². The largest absolute Gasteiger partial charge is 0.459 e. The number of benzene rings is 3. The zero-order valence-electron chi connectivity index (χ0n) is 24.6. The van der Waals surface area contributed by atoms with Crippen molar-refractivity contribution in [2.24, 2.45) is 0 Å². The zero-order chi connectivity index (χ0) is 31.6. The fourth-order valence-corrected chi connectivity index (χ4v) is 6.82. The van der Waals surface area contributed by atoms with E-state index in [1.165, 1.54) is 26.5 Å². The van der Waals surface area contributed by atoms with E-state index >= 15 is 0 Å². The average molecular weight is 633 g/mol. The zero-order valence-corrected chi connectivity index (χ0v) is 25.5. The molecule has 13 nitrogen and oxygen atoms in total. The van der Waals surface area contributed by atoms with Gasteiger partial charge in [-0.15, -0.1) is 0 Å². The predicted molar refractivity (Wildman–Crippen MR) is 166 cm³/mol. The second-order valence-corrected chi connectivity index (χ2v) is 12.9. The van der Waals surface area contributed by atoms with Crippen molar-refractivity contribution in [2.45, 2.75) is 50.8 Å². The van der Waals surface area contributed by atoms with Gasteiger partial charge in [0.15, 0.2) is 17.7 Å². The SMILES string of the molecule is CC(C)(NP(=O)(OC[C@@H]1C[C@@H](O)[C@H](n2cnc3c(N)ncnc32)O1)Oc1cccc2ccccc12)C(=O)OCc1ccccc1. The number of aliphatic hydroxyl groups is 1. The Morgan fingerprint density at radius 3 is 2.67 bits per heavy atom. The Kier molecular flexibility index (Phi) is 8.54. The molecular formula is C31H33N6O7P. The Bertz CT molecular complexity index is 1860. The molecule has 4 N–H and O–H groups in total. The molecule has 3 aromatic carbocycles. The minimum Gasteiger partial charge on any atom is -0.459 e. The fraction of sp³-hybridized carbons (Fsp3) is 0.290. The van der Waals surface area contributed by atoms with Crippen molar-refractivity contribution in [3.8, 4) is 5.75 Å². The van der Waals surface area contributed by atoms with Gasteiger partial charge < -0.3 is 24.8 Å². The molecule has 0 saturated carbocycles. The lowest BCUT2D eigenvalue weighted by atomic mass is 10.1. The summed E-state index contributed by atoms with van der Waals surface area (Å²) in [6.07, 6.45) is 0.419. The van der Waals surface area contributed by atoms with Gasteiger partial charge >= 0.3 is 13.7 Å². The molecule has 0 amide bonds. The molecule has 1 unspecified atom stereocenters. The number of carbonyl (C=O) groups is 1. The summed E-state index contributed by atoms with van der Waals surface area (Å²) < 4.78 is 39.7. The number of fused-ring (bicyclic) bond motifs is 2. The van der Waals surface area contributed by atoms with E-state index in [1.807, 2.05) is 60.7 Å². The number of hydrogen-bond acceptors (Lipinski definition) is 11. The molecule has 5 aromatic rings. The first-order valence-electron chi connectivity index (χ1n) is 14.3. The molecule has 1 aliphatic rings. The number of carbonyl (C=O) groups excluding carboxylic acids is 1. The molecule has 234 valence electrons. The van der Waals surface area contributed by atoms with Crippen molar-refractivity contribution in [2.75, 3.05) is 12.3 Å². The van der Waals surface area contributed by atoms with Gasteiger partial charge in [-0.05, 0) is 30.9 Å². The summed E-state index contributed by atoms with van der Waals surface area (Å²) in [4.78, 5) is 25.6. The number of rotatable bonds is 11. The van der Waals surface area contributed by atoms with Gasteiger partial charge in [-0.1, -0.05) is 66.7 Å². The number of nitrogens with two attached hydrogens (primary N) is 1. The summed E-state index contributed by atoms with van der Waals surface area (Å²) in [6, 6.07) is 22.0. The van der Waals surface area contributed by atoms with Gasteiger partial charge in [0.2, 0.25) is 0 Å². The fourth-order valence-electron chi connectivity index (χ4n) is 5.10. The Morgan fingerprint density at radius 1 is 1.09 bits per heavy atom. The van der Waals surface area contributed by atoms with Crippen molar-refractivity contribution in [1.82, 2.24) is 24.6 Å². The molecule has 0 bridgehead atoms. The van der Waals surface area contributed by atoms with Crippen molar-refractivity contribution < 1.29 is 33.0 Å². The van der Waals surface area contributed by atoms with E-state index in [9.17, 15) is 14.5 Å². The van der Waals surface area contributed by atoms with Crippen molar-refractivity contribution >= 4 is 41.5 Å². The summed E-state index contributed by atoms with van der Waals surface area (Å²) in [5.41, 5.74) is 6.01. The summed E-state index contributed by atoms with van der Waals surface area (Å²) in [5.74, 6) is -0.157. The average Bonchev–Trinajstić information content (AvgIpc) is 3.63. The molecule has 1 aliphatic heterocycles. The van der Waals surface area contributed by atoms with E-state index in [2.05, 4.69) is 20.0 Å². The molecule has 1 fully saturated rings. The number of nitrogens with zero attached hydrogens (tertiary/aromatic N) is 4. The topological polar surface area (TPSA) is 173 Å². The molecule has 6 rings (SSSR count). The maximum Gasteiger partial charge on any atom is 0.459 e. The Labute approximate surface area is 258 Å². The van der Waals surface area contributed by atoms with E-state index in [4.69, 9.17) is 24.3 Å². The van der Waals surface area contributed by atoms with Crippen LogP contribution in [-0.4, -0.2) is 54.9 Å². The number of aromatic nitrogens is 4. The van der Waals surface area contributed by atoms with Crippen LogP contribution < -0.4 is 15.3 Å². The molecule has 4 atom stereocenters. The highest BCUT2D eigenvalue weighted by Crippen LogP contribution is 2.49. The third kappa shape index (κ3) is 6.68. The summed E-state index contributed by atoms with van der Waals surface area (Å²) in [7, 11) is -4.28. The summed E-state index contributed by atoms with van der Waals surface area (Å²) in [5, 5.41) is 15.2. The quantitative estimate of drug-likeness (QED) is 0.137. The lowest BCUT2D eigenvalue weighted by Crippen LogP contribution is -2.47. The van der Waals surface area contributed by atoms with Crippen LogP contribution >= 0.6 is 7.75 Å². The maximum absolute atomic E-state index is 14.5. The molecule has 2 aromatic heterocycles. The monoisotopic (exact) mass is 632 g/mol. The van der Waals surface area contributed by atoms with Gasteiger partial charge in [0.25, 0.3) is 0 Å². The van der Waals surface area contributed by atoms with Gasteiger partial charge in [-0.2, -0.15) is 5.09 Å². The standard InChI is InChI=1S/C31H33N6O7P/c1-31(2,30(39)41-16-20-9-4-3-5-10-20)36-45(40,44-25-14-8-12-21-11-6-7-13-23(21)25)42-17-22-15-24(38)29(43-22)37-19-35-26-27(32)33-18-34-28(26)37/h3-14,18-19,22,24,29,38H,15-17H2,1-2H3,(H,36,40)(H2,32,33,34)/t22-,24+,29+,45?/m0/s1. The van der Waals surface area contributed by atoms with Crippen LogP contribution in [0, 0.1) is 0 Å². The Morgan fingerprint density at radius 2 is 1.84 bits per heavy atom. The van der Waals surface area contributed by atoms with Crippen LogP contribution in [0.5, 0.6) is 5.75 Å². The number of imidazole rings is 1. The van der Waals surface area contributed by atoms with Gasteiger partial charge in [-0.25, -0.2) is 19.5 Å². The number of hydrogen-bond donors (Lipinski definition) is 3. The van der Waals surface area contributed by atoms with Crippen LogP contribution in [0.4, 0.5) is 5.82 Å². The summed E-state index contributed by atoms with van der Waals surface area (Å²) >= 11 is 0. The first kappa shape index (κ1) is 30.6. The predicted octanol–water partition coefficient (Wildman–Crippen LogP) is 4.53. The molecule has 1 saturated heterocycles. The maximum atomic E-state index is 14.5. The van der Waals surface area contributed by atoms with Crippen LogP contribution in [0.25, 0.3) is 21.9 Å². The number of anilines is 1. The normalized spacial score (nSPS) is 19.8. The van der Waals surface area contributed by atoms with Gasteiger partial charge in [0, 0.05) is 11.8 Å². The van der Waals surface area contributed by atoms with E-state index in [1.54, 1.807) is 16.7 Å². The number of ether oxygens (including phenoxy) is 2. The number of esters is 1. The second kappa shape index (κ2) is 12.5. The van der Waals surface area contributed by atoms with E-state index in [-0.39, 0.29) is 25.5 Å². The molecule has 45 heavy (non-hydrogen) atoms. The minimum absolute atomic E-state index is 0.0365. The molecule has 3 heterocycles. The van der Waals surface area contributed by atoms with E-state index in [0.717, 1.165) is 10.9 Å². The number of aliphatic hydroxyl groups excluding tert-OH is 1. The van der Waals surface area contributed by atoms with Crippen molar-refractivity contribution in [1.29, 1.82) is 0 Å². The third-order valence-electron chi connectivity index (χ3n) is 7.36. The first-order valence-corrected chi connectivity index (χ1v) is 15.9. The molecule has 0 spiro atoms. The highest BCUT2D eigenvalue weighted by molar-refractivity contribution is 7.52. The molecule has 0 aliphatic carbocycles. The lowest BCUT2D eigenvalue weighted by Gasteiger charge is -2.30. The van der Waals surface area contributed by atoms with Crippen LogP contribution in [0.2, 0.25) is 0 Å². The minimum atomic E-state index is -4.28. The smallest absolute Gasteiger partial charge is 0.459 e. The third-order valence-corrected chi connectivity index (χ3v) is 9.12. The lowest BCUT2D eigenvalue weighted by molar-refractivity contribution is -0.151. The van der Waals surface area contributed by atoms with Crippen molar-refractivity contribution in [3.05, 3.63) is 91.0 Å². The highest BCUT2D eigenvalue weighted by Gasteiger charge is 2.43. The van der Waals surface area contributed by atoms with Crippen LogP contribution in [0.3, 0.4) is 0 Å².